The van der Waals surface area contributed by atoms with E-state index in [1.807, 2.05) is 26.0 Å². The second-order valence-electron chi connectivity index (χ2n) is 8.25. The Balaban J connectivity index is 1.42. The Labute approximate surface area is 206 Å². The molecule has 9 heteroatoms. The van der Waals surface area contributed by atoms with E-state index >= 15 is 0 Å². The first kappa shape index (κ1) is 24.7. The van der Waals surface area contributed by atoms with Crippen molar-refractivity contribution in [2.75, 3.05) is 32.8 Å². The number of hydrogen-bond donors (Lipinski definition) is 0. The maximum atomic E-state index is 13.2. The first-order valence-electron chi connectivity index (χ1n) is 11.5. The van der Waals surface area contributed by atoms with Crippen LogP contribution < -0.4 is 9.47 Å². The summed E-state index contributed by atoms with van der Waals surface area (Å²) in [6, 6.07) is 15.7. The van der Waals surface area contributed by atoms with E-state index in [9.17, 15) is 13.2 Å². The van der Waals surface area contributed by atoms with Crippen LogP contribution in [0.3, 0.4) is 0 Å². The summed E-state index contributed by atoms with van der Waals surface area (Å²) in [5.41, 5.74) is 2.44. The van der Waals surface area contributed by atoms with Gasteiger partial charge in [-0.2, -0.15) is 4.31 Å². The zero-order valence-electron chi connectivity index (χ0n) is 19.9. The lowest BCUT2D eigenvalue weighted by Gasteiger charge is -2.34. The Kier molecular flexibility index (Phi) is 7.67. The third-order valence-electron chi connectivity index (χ3n) is 5.82. The number of sulfonamides is 1. The minimum absolute atomic E-state index is 0.168. The van der Waals surface area contributed by atoms with Crippen molar-refractivity contribution in [3.05, 3.63) is 83.7 Å². The lowest BCUT2D eigenvalue weighted by atomic mass is 10.1. The van der Waals surface area contributed by atoms with Crippen molar-refractivity contribution >= 4 is 15.9 Å². The molecule has 0 unspecified atom stereocenters. The minimum atomic E-state index is -3.59. The summed E-state index contributed by atoms with van der Waals surface area (Å²) in [7, 11) is -3.59. The van der Waals surface area contributed by atoms with Crippen LogP contribution in [0.2, 0.25) is 0 Å². The van der Waals surface area contributed by atoms with Gasteiger partial charge in [-0.1, -0.05) is 17.7 Å². The van der Waals surface area contributed by atoms with E-state index in [0.29, 0.717) is 43.4 Å². The Morgan fingerprint density at radius 2 is 1.60 bits per heavy atom. The van der Waals surface area contributed by atoms with Crippen molar-refractivity contribution in [1.29, 1.82) is 0 Å². The van der Waals surface area contributed by atoms with Crippen LogP contribution in [-0.4, -0.2) is 61.3 Å². The van der Waals surface area contributed by atoms with E-state index in [0.717, 1.165) is 11.1 Å². The predicted molar refractivity (Wildman–Crippen MR) is 132 cm³/mol. The first-order chi connectivity index (χ1) is 16.9. The van der Waals surface area contributed by atoms with E-state index in [4.69, 9.17) is 9.47 Å². The molecule has 35 heavy (non-hydrogen) atoms. The van der Waals surface area contributed by atoms with E-state index in [1.54, 1.807) is 59.8 Å². The average Bonchev–Trinajstić information content (AvgIpc) is 2.88. The van der Waals surface area contributed by atoms with Gasteiger partial charge in [0.1, 0.15) is 6.61 Å². The molecule has 0 spiro atoms. The maximum absolute atomic E-state index is 13.2. The summed E-state index contributed by atoms with van der Waals surface area (Å²) in [6.07, 6.45) is 3.41. The summed E-state index contributed by atoms with van der Waals surface area (Å²) in [5.74, 6) is 0.876. The Morgan fingerprint density at radius 3 is 2.26 bits per heavy atom. The molecular weight excluding hydrogens is 466 g/mol. The first-order valence-corrected chi connectivity index (χ1v) is 13.0. The molecule has 1 aromatic heterocycles. The second kappa shape index (κ2) is 10.9. The number of hydrogen-bond acceptors (Lipinski definition) is 6. The molecule has 1 amide bonds. The number of rotatable bonds is 8. The zero-order chi connectivity index (χ0) is 24.8. The molecule has 0 aliphatic carbocycles. The zero-order valence-corrected chi connectivity index (χ0v) is 20.7. The molecule has 1 aliphatic rings. The van der Waals surface area contributed by atoms with Gasteiger partial charge in [0.05, 0.1) is 11.5 Å². The summed E-state index contributed by atoms with van der Waals surface area (Å²) < 4.78 is 39.0. The number of pyridine rings is 1. The van der Waals surface area contributed by atoms with Crippen LogP contribution in [0.25, 0.3) is 0 Å². The number of amides is 1. The molecule has 0 atom stereocenters. The molecule has 4 rings (SSSR count). The van der Waals surface area contributed by atoms with Gasteiger partial charge in [-0.15, -0.1) is 0 Å². The Bertz CT molecular complexity index is 1260. The topological polar surface area (TPSA) is 89.0 Å². The van der Waals surface area contributed by atoms with Gasteiger partial charge in [-0.25, -0.2) is 8.42 Å². The molecule has 0 radical (unpaired) electrons. The molecule has 8 nitrogen and oxygen atoms in total. The summed E-state index contributed by atoms with van der Waals surface area (Å²) in [4.78, 5) is 19.1. The van der Waals surface area contributed by atoms with Gasteiger partial charge in [0.25, 0.3) is 5.91 Å². The van der Waals surface area contributed by atoms with Crippen LogP contribution in [0.15, 0.2) is 71.9 Å². The number of piperazine rings is 1. The number of ether oxygens (including phenoxy) is 2. The van der Waals surface area contributed by atoms with Crippen LogP contribution in [0, 0.1) is 6.92 Å². The Morgan fingerprint density at radius 1 is 0.914 bits per heavy atom. The molecule has 1 fully saturated rings. The highest BCUT2D eigenvalue weighted by atomic mass is 32.2. The van der Waals surface area contributed by atoms with Crippen molar-refractivity contribution in [2.24, 2.45) is 0 Å². The largest absolute Gasteiger partial charge is 0.490 e. The highest BCUT2D eigenvalue weighted by Gasteiger charge is 2.30. The summed E-state index contributed by atoms with van der Waals surface area (Å²) in [5, 5.41) is 0. The molecule has 0 saturated carbocycles. The maximum Gasteiger partial charge on any atom is 0.254 e. The lowest BCUT2D eigenvalue weighted by Crippen LogP contribution is -2.50. The number of nitrogens with zero attached hydrogens (tertiary/aromatic N) is 3. The molecule has 2 heterocycles. The quantitative estimate of drug-likeness (QED) is 0.475. The van der Waals surface area contributed by atoms with Crippen LogP contribution in [0.1, 0.15) is 28.4 Å². The molecule has 1 saturated heterocycles. The smallest absolute Gasteiger partial charge is 0.254 e. The van der Waals surface area contributed by atoms with Crippen LogP contribution in [0.4, 0.5) is 0 Å². The van der Waals surface area contributed by atoms with E-state index in [2.05, 4.69) is 4.98 Å². The summed E-state index contributed by atoms with van der Waals surface area (Å²) >= 11 is 0. The lowest BCUT2D eigenvalue weighted by molar-refractivity contribution is 0.0697. The van der Waals surface area contributed by atoms with E-state index in [1.165, 1.54) is 4.31 Å². The van der Waals surface area contributed by atoms with Crippen molar-refractivity contribution in [1.82, 2.24) is 14.2 Å². The molecule has 0 bridgehead atoms. The van der Waals surface area contributed by atoms with Crippen molar-refractivity contribution in [2.45, 2.75) is 25.3 Å². The number of carbonyl (C=O) groups is 1. The van der Waals surface area contributed by atoms with Gasteiger partial charge in [-0.05, 0) is 61.9 Å². The second-order valence-corrected chi connectivity index (χ2v) is 10.2. The SMILES string of the molecule is CCOc1cc(C(=O)N2CCN(S(=O)(=O)c3ccc(C)cc3)CC2)ccc1OCc1ccncc1. The van der Waals surface area contributed by atoms with Crippen LogP contribution in [-0.2, 0) is 16.6 Å². The third-order valence-corrected chi connectivity index (χ3v) is 7.73. The fourth-order valence-corrected chi connectivity index (χ4v) is 5.26. The highest BCUT2D eigenvalue weighted by Crippen LogP contribution is 2.30. The molecule has 184 valence electrons. The molecular formula is C26H29N3O5S. The van der Waals surface area contributed by atoms with E-state index in [-0.39, 0.29) is 23.9 Å². The van der Waals surface area contributed by atoms with Gasteiger partial charge < -0.3 is 14.4 Å². The average molecular weight is 496 g/mol. The number of carbonyl (C=O) groups excluding carboxylic acids is 1. The van der Waals surface area contributed by atoms with Gasteiger partial charge in [0.15, 0.2) is 11.5 Å². The van der Waals surface area contributed by atoms with Crippen LogP contribution >= 0.6 is 0 Å². The van der Waals surface area contributed by atoms with Crippen molar-refractivity contribution in [3.8, 4) is 11.5 Å². The van der Waals surface area contributed by atoms with Crippen LogP contribution in [0.5, 0.6) is 11.5 Å². The number of benzene rings is 2. The fourth-order valence-electron chi connectivity index (χ4n) is 3.84. The fraction of sp³-hybridized carbons (Fsp3) is 0.308. The van der Waals surface area contributed by atoms with Gasteiger partial charge in [0, 0.05) is 44.1 Å². The summed E-state index contributed by atoms with van der Waals surface area (Å²) in [6.45, 7) is 5.68. The molecule has 0 N–H and O–H groups in total. The van der Waals surface area contributed by atoms with Crippen molar-refractivity contribution < 1.29 is 22.7 Å². The third kappa shape index (κ3) is 5.80. The predicted octanol–water partition coefficient (Wildman–Crippen LogP) is 3.51. The molecule has 1 aliphatic heterocycles. The van der Waals surface area contributed by atoms with Gasteiger partial charge in [-0.3, -0.25) is 9.78 Å². The standard InChI is InChI=1S/C26H29N3O5S/c1-3-33-25-18-22(6-9-24(25)34-19-21-10-12-27-13-11-21)26(30)28-14-16-29(17-15-28)35(31,32)23-7-4-20(2)5-8-23/h4-13,18H,3,14-17,19H2,1-2H3. The number of aryl methyl sites for hydroxylation is 1. The van der Waals surface area contributed by atoms with Crippen molar-refractivity contribution in [3.63, 3.8) is 0 Å². The number of aromatic nitrogens is 1. The Hall–Kier alpha value is -3.43. The monoisotopic (exact) mass is 495 g/mol. The molecule has 3 aromatic rings. The van der Waals surface area contributed by atoms with Gasteiger partial charge in [0.2, 0.25) is 10.0 Å². The van der Waals surface area contributed by atoms with E-state index < -0.39 is 10.0 Å². The normalized spacial score (nSPS) is 14.5. The molecule has 2 aromatic carbocycles. The van der Waals surface area contributed by atoms with Gasteiger partial charge >= 0.3 is 0 Å². The minimum Gasteiger partial charge on any atom is -0.490 e. The highest BCUT2D eigenvalue weighted by molar-refractivity contribution is 7.89.